The summed E-state index contributed by atoms with van der Waals surface area (Å²) in [4.78, 5) is 15.5. The summed E-state index contributed by atoms with van der Waals surface area (Å²) in [6.45, 7) is 0. The monoisotopic (exact) mass is 342 g/mol. The Balaban J connectivity index is 2.31. The molecule has 0 aromatic heterocycles. The van der Waals surface area contributed by atoms with Crippen LogP contribution in [0.5, 0.6) is 0 Å². The summed E-state index contributed by atoms with van der Waals surface area (Å²) in [6, 6.07) is 30.9. The summed E-state index contributed by atoms with van der Waals surface area (Å²) >= 11 is 0. The molecule has 0 radical (unpaired) electrons. The highest BCUT2D eigenvalue weighted by Gasteiger charge is 2.41. The highest BCUT2D eigenvalue weighted by atomic mass is 28.3. The molecule has 25 heavy (non-hydrogen) atoms. The molecule has 122 valence electrons. The van der Waals surface area contributed by atoms with Gasteiger partial charge in [-0.2, -0.15) is 4.79 Å². The molecular weight excluding hydrogens is 324 g/mol. The molecule has 0 bridgehead atoms. The van der Waals surface area contributed by atoms with E-state index < -0.39 is 8.07 Å². The van der Waals surface area contributed by atoms with Crippen molar-refractivity contribution in [1.29, 1.82) is 0 Å². The molecule has 0 heterocycles. The van der Waals surface area contributed by atoms with Gasteiger partial charge in [0.2, 0.25) is 5.78 Å². The van der Waals surface area contributed by atoms with Gasteiger partial charge in [0.1, 0.15) is 0 Å². The Morgan fingerprint density at radius 3 is 1.44 bits per heavy atom. The molecule has 0 aliphatic carbocycles. The number of nitrogens with zero attached hydrogens (tertiary/aromatic N) is 2. The molecule has 3 rings (SSSR count). The van der Waals surface area contributed by atoms with Crippen LogP contribution >= 0.6 is 0 Å². The molecule has 0 spiro atoms. The molecule has 0 N–H and O–H groups in total. The predicted molar refractivity (Wildman–Crippen MR) is 103 cm³/mol. The van der Waals surface area contributed by atoms with Gasteiger partial charge in [-0.15, -0.1) is 0 Å². The summed E-state index contributed by atoms with van der Waals surface area (Å²) < 4.78 is 0. The zero-order valence-corrected chi connectivity index (χ0v) is 14.7. The Morgan fingerprint density at radius 2 is 1.12 bits per heavy atom. The van der Waals surface area contributed by atoms with Gasteiger partial charge >= 0.3 is 6.21 Å². The van der Waals surface area contributed by atoms with Gasteiger partial charge in [0, 0.05) is 6.04 Å². The van der Waals surface area contributed by atoms with Gasteiger partial charge in [0.05, 0.1) is 0 Å². The topological polar surface area (TPSA) is 53.5 Å². The van der Waals surface area contributed by atoms with Crippen LogP contribution in [0.15, 0.2) is 91.0 Å². The van der Waals surface area contributed by atoms with Crippen molar-refractivity contribution < 1.29 is 9.58 Å². The maximum absolute atomic E-state index is 12.5. The van der Waals surface area contributed by atoms with Crippen molar-refractivity contribution in [3.63, 3.8) is 0 Å². The zero-order valence-electron chi connectivity index (χ0n) is 13.7. The van der Waals surface area contributed by atoms with Crippen molar-refractivity contribution in [2.45, 2.75) is 6.04 Å². The van der Waals surface area contributed by atoms with Crippen molar-refractivity contribution in [3.05, 3.63) is 96.5 Å². The van der Waals surface area contributed by atoms with E-state index in [1.54, 1.807) is 0 Å². The first kappa shape index (κ1) is 16.8. The first-order valence-electron chi connectivity index (χ1n) is 8.14. The second-order valence-electron chi connectivity index (χ2n) is 5.89. The molecule has 0 saturated heterocycles. The lowest BCUT2D eigenvalue weighted by molar-refractivity contribution is -0.114. The van der Waals surface area contributed by atoms with Gasteiger partial charge in [-0.05, 0) is 15.6 Å². The molecule has 0 fully saturated rings. The number of rotatable bonds is 6. The van der Waals surface area contributed by atoms with E-state index in [1.165, 1.54) is 0 Å². The lowest BCUT2D eigenvalue weighted by Crippen LogP contribution is -2.67. The fourth-order valence-corrected chi connectivity index (χ4v) is 7.86. The highest BCUT2D eigenvalue weighted by Crippen LogP contribution is 2.13. The predicted octanol–water partition coefficient (Wildman–Crippen LogP) is 2.03. The second-order valence-corrected chi connectivity index (χ2v) is 9.79. The lowest BCUT2D eigenvalue weighted by atomic mass is 10.3. The largest absolute Gasteiger partial charge is 0.361 e. The quantitative estimate of drug-likeness (QED) is 0.222. The van der Waals surface area contributed by atoms with Crippen molar-refractivity contribution in [1.82, 2.24) is 0 Å². The third-order valence-electron chi connectivity index (χ3n) is 4.44. The van der Waals surface area contributed by atoms with Crippen molar-refractivity contribution in [2.24, 2.45) is 0 Å². The molecule has 0 aliphatic heterocycles. The maximum atomic E-state index is 12.5. The van der Waals surface area contributed by atoms with Crippen LogP contribution in [-0.4, -0.2) is 24.9 Å². The first-order valence-corrected chi connectivity index (χ1v) is 10.3. The minimum atomic E-state index is -2.58. The first-order chi connectivity index (χ1) is 12.3. The fraction of sp³-hybridized carbons (Fsp3) is 0.0476. The van der Waals surface area contributed by atoms with Crippen LogP contribution in [0.2, 0.25) is 6.04 Å². The number of hydrogen-bond acceptors (Lipinski definition) is 1. The van der Waals surface area contributed by atoms with E-state index in [0.717, 1.165) is 21.8 Å². The van der Waals surface area contributed by atoms with Crippen molar-refractivity contribution in [2.75, 3.05) is 0 Å². The van der Waals surface area contributed by atoms with Gasteiger partial charge < -0.3 is 5.53 Å². The van der Waals surface area contributed by atoms with Gasteiger partial charge in [0.15, 0.2) is 8.07 Å². The Morgan fingerprint density at radius 1 is 0.760 bits per heavy atom. The Hall–Kier alpha value is -3.07. The van der Waals surface area contributed by atoms with Crippen LogP contribution in [0.25, 0.3) is 5.53 Å². The second kappa shape index (κ2) is 7.66. The third kappa shape index (κ3) is 3.40. The number of carbonyl (C=O) groups is 1. The molecular formula is C21H18N2OSi. The van der Waals surface area contributed by atoms with E-state index in [1.807, 2.05) is 54.6 Å². The number of ketones is 1. The van der Waals surface area contributed by atoms with Gasteiger partial charge in [-0.25, -0.2) is 0 Å². The maximum Gasteiger partial charge on any atom is 0.322 e. The highest BCUT2D eigenvalue weighted by molar-refractivity contribution is 7.13. The SMILES string of the molecule is [N-]=[N+]=CC(=O)C[Si](c1ccccc1)(c1ccccc1)c1ccccc1. The van der Waals surface area contributed by atoms with Crippen LogP contribution in [0.1, 0.15) is 0 Å². The average Bonchev–Trinajstić information content (AvgIpc) is 2.68. The Kier molecular flexibility index (Phi) is 5.14. The molecule has 0 aliphatic rings. The Bertz CT molecular complexity index is 792. The Labute approximate surface area is 148 Å². The summed E-state index contributed by atoms with van der Waals surface area (Å²) in [7, 11) is -2.58. The standard InChI is InChI=1S/C21H18N2OSi/c22-23-16-18(24)17-25(19-10-4-1-5-11-19,20-12-6-2-7-13-20)21-14-8-3-9-15-21/h1-16H,17H2. The molecule has 3 aromatic rings. The van der Waals surface area contributed by atoms with Crippen LogP contribution in [0, 0.1) is 0 Å². The minimum absolute atomic E-state index is 0.175. The minimum Gasteiger partial charge on any atom is -0.361 e. The lowest BCUT2D eigenvalue weighted by Gasteiger charge is -2.32. The summed E-state index contributed by atoms with van der Waals surface area (Å²) in [6.07, 6.45) is 1.01. The number of hydrogen-bond donors (Lipinski definition) is 0. The van der Waals surface area contributed by atoms with Gasteiger partial charge in [0.25, 0.3) is 0 Å². The van der Waals surface area contributed by atoms with Crippen LogP contribution in [0.3, 0.4) is 0 Å². The molecule has 0 amide bonds. The van der Waals surface area contributed by atoms with E-state index in [4.69, 9.17) is 5.53 Å². The van der Waals surface area contributed by atoms with Crippen LogP contribution in [-0.2, 0) is 4.79 Å². The molecule has 0 atom stereocenters. The van der Waals surface area contributed by atoms with E-state index in [2.05, 4.69) is 41.2 Å². The van der Waals surface area contributed by atoms with E-state index in [9.17, 15) is 4.79 Å². The number of carbonyl (C=O) groups excluding carboxylic acids is 1. The van der Waals surface area contributed by atoms with Gasteiger partial charge in [-0.1, -0.05) is 91.0 Å². The number of Topliss-reactive ketones (excluding diaryl/α,β-unsaturated/α-hetero) is 1. The molecule has 0 saturated carbocycles. The zero-order chi connectivity index (χ0) is 17.5. The summed E-state index contributed by atoms with van der Waals surface area (Å²) in [5.41, 5.74) is 8.81. The van der Waals surface area contributed by atoms with E-state index in [-0.39, 0.29) is 5.78 Å². The third-order valence-corrected chi connectivity index (χ3v) is 9.28. The molecule has 3 nitrogen and oxygen atoms in total. The number of benzene rings is 3. The molecule has 4 heteroatoms. The normalized spacial score (nSPS) is 10.7. The van der Waals surface area contributed by atoms with Gasteiger partial charge in [-0.3, -0.25) is 4.79 Å². The van der Waals surface area contributed by atoms with E-state index in [0.29, 0.717) is 6.04 Å². The molecule has 0 unspecified atom stereocenters. The average molecular weight is 342 g/mol. The smallest absolute Gasteiger partial charge is 0.322 e. The van der Waals surface area contributed by atoms with Crippen LogP contribution in [0.4, 0.5) is 0 Å². The molecule has 3 aromatic carbocycles. The van der Waals surface area contributed by atoms with Crippen molar-refractivity contribution in [3.8, 4) is 0 Å². The van der Waals surface area contributed by atoms with Crippen molar-refractivity contribution >= 4 is 35.6 Å². The summed E-state index contributed by atoms with van der Waals surface area (Å²) in [5.74, 6) is -0.175. The summed E-state index contributed by atoms with van der Waals surface area (Å²) in [5, 5.41) is 3.48. The fourth-order valence-electron chi connectivity index (χ4n) is 3.35. The van der Waals surface area contributed by atoms with Crippen LogP contribution < -0.4 is 15.6 Å². The van der Waals surface area contributed by atoms with E-state index >= 15 is 0 Å².